The highest BCUT2D eigenvalue weighted by atomic mass is 32.1. The summed E-state index contributed by atoms with van der Waals surface area (Å²) in [6, 6.07) is 8.07. The average molecular weight is 278 g/mol. The first kappa shape index (κ1) is 13.8. The fourth-order valence-corrected chi connectivity index (χ4v) is 2.78. The van der Waals surface area contributed by atoms with Crippen molar-refractivity contribution < 1.29 is 9.90 Å². The fraction of sp³-hybridized carbons (Fsp3) is 0.429. The van der Waals surface area contributed by atoms with Gasteiger partial charge in [-0.3, -0.25) is 4.79 Å². The summed E-state index contributed by atoms with van der Waals surface area (Å²) >= 11 is 1.65. The molecule has 1 atom stereocenters. The topological polar surface area (TPSA) is 62.2 Å². The lowest BCUT2D eigenvalue weighted by atomic mass is 10.0. The van der Waals surface area contributed by atoms with E-state index in [9.17, 15) is 4.79 Å². The van der Waals surface area contributed by atoms with E-state index in [0.29, 0.717) is 5.92 Å². The van der Waals surface area contributed by atoms with Crippen LogP contribution in [0.5, 0.6) is 0 Å². The molecule has 0 aliphatic rings. The van der Waals surface area contributed by atoms with E-state index in [1.54, 1.807) is 11.3 Å². The lowest BCUT2D eigenvalue weighted by Crippen LogP contribution is -2.08. The van der Waals surface area contributed by atoms with Crippen LogP contribution < -0.4 is 5.32 Å². The normalized spacial score (nSPS) is 12.5. The summed E-state index contributed by atoms with van der Waals surface area (Å²) in [5.74, 6) is -0.302. The lowest BCUT2D eigenvalue weighted by molar-refractivity contribution is -0.137. The van der Waals surface area contributed by atoms with E-state index in [1.165, 1.54) is 4.70 Å². The van der Waals surface area contributed by atoms with Gasteiger partial charge in [-0.15, -0.1) is 0 Å². The number of rotatable bonds is 7. The molecule has 1 unspecified atom stereocenters. The molecule has 1 heterocycles. The molecule has 4 nitrogen and oxygen atoms in total. The number of para-hydroxylation sites is 1. The van der Waals surface area contributed by atoms with E-state index in [4.69, 9.17) is 5.11 Å². The summed E-state index contributed by atoms with van der Waals surface area (Å²) in [6.45, 7) is 2.92. The Hall–Kier alpha value is -1.62. The van der Waals surface area contributed by atoms with E-state index in [-0.39, 0.29) is 6.42 Å². The van der Waals surface area contributed by atoms with Gasteiger partial charge in [-0.1, -0.05) is 30.4 Å². The maximum atomic E-state index is 10.5. The van der Waals surface area contributed by atoms with Gasteiger partial charge >= 0.3 is 5.97 Å². The molecule has 0 saturated carbocycles. The van der Waals surface area contributed by atoms with E-state index < -0.39 is 5.97 Å². The molecule has 2 N–H and O–H groups in total. The van der Waals surface area contributed by atoms with Crippen LogP contribution in [0.25, 0.3) is 10.2 Å². The molecule has 2 rings (SSSR count). The van der Waals surface area contributed by atoms with Crippen molar-refractivity contribution in [2.24, 2.45) is 5.92 Å². The molecule has 0 saturated heterocycles. The van der Waals surface area contributed by atoms with Crippen molar-refractivity contribution in [3.8, 4) is 0 Å². The highest BCUT2D eigenvalue weighted by Crippen LogP contribution is 2.25. The maximum Gasteiger partial charge on any atom is 0.303 e. The Labute approximate surface area is 116 Å². The number of nitrogens with zero attached hydrogens (tertiary/aromatic N) is 1. The highest BCUT2D eigenvalue weighted by molar-refractivity contribution is 7.22. The van der Waals surface area contributed by atoms with Crippen molar-refractivity contribution in [2.75, 3.05) is 11.9 Å². The summed E-state index contributed by atoms with van der Waals surface area (Å²) < 4.78 is 1.18. The third-order valence-corrected chi connectivity index (χ3v) is 4.05. The molecule has 1 aromatic heterocycles. The number of thiazole rings is 1. The minimum Gasteiger partial charge on any atom is -0.481 e. The Bertz CT molecular complexity index is 520. The molecular formula is C14H18N2O2S. The minimum absolute atomic E-state index is 0.252. The zero-order valence-corrected chi connectivity index (χ0v) is 11.7. The van der Waals surface area contributed by atoms with Crippen LogP contribution in [0.15, 0.2) is 24.3 Å². The van der Waals surface area contributed by atoms with Crippen molar-refractivity contribution in [3.05, 3.63) is 24.3 Å². The number of fused-ring (bicyclic) bond motifs is 1. The number of aromatic nitrogens is 1. The first-order valence-electron chi connectivity index (χ1n) is 6.46. The second-order valence-corrected chi connectivity index (χ2v) is 5.77. The first-order chi connectivity index (χ1) is 9.15. The molecular weight excluding hydrogens is 260 g/mol. The molecule has 19 heavy (non-hydrogen) atoms. The van der Waals surface area contributed by atoms with Crippen LogP contribution in [0.2, 0.25) is 0 Å². The SMILES string of the molecule is CC(CCNc1nc2ccccc2s1)CCC(=O)O. The number of aliphatic carboxylic acids is 1. The van der Waals surface area contributed by atoms with E-state index >= 15 is 0 Å². The van der Waals surface area contributed by atoms with E-state index in [0.717, 1.165) is 30.0 Å². The number of nitrogens with one attached hydrogen (secondary N) is 1. The Balaban J connectivity index is 1.77. The summed E-state index contributed by atoms with van der Waals surface area (Å²) in [7, 11) is 0. The van der Waals surface area contributed by atoms with Gasteiger partial charge < -0.3 is 10.4 Å². The number of hydrogen-bond acceptors (Lipinski definition) is 4. The van der Waals surface area contributed by atoms with Gasteiger partial charge in [-0.05, 0) is 30.9 Å². The van der Waals surface area contributed by atoms with Crippen molar-refractivity contribution in [2.45, 2.75) is 26.2 Å². The Morgan fingerprint density at radius 1 is 1.42 bits per heavy atom. The predicted octanol–water partition coefficient (Wildman–Crippen LogP) is 3.60. The van der Waals surface area contributed by atoms with Crippen LogP contribution >= 0.6 is 11.3 Å². The van der Waals surface area contributed by atoms with Gasteiger partial charge in [0.15, 0.2) is 5.13 Å². The van der Waals surface area contributed by atoms with E-state index in [2.05, 4.69) is 23.3 Å². The average Bonchev–Trinajstić information content (AvgIpc) is 2.79. The third-order valence-electron chi connectivity index (χ3n) is 3.06. The first-order valence-corrected chi connectivity index (χ1v) is 7.28. The van der Waals surface area contributed by atoms with Gasteiger partial charge in [0.25, 0.3) is 0 Å². The zero-order chi connectivity index (χ0) is 13.7. The number of hydrogen-bond donors (Lipinski definition) is 2. The van der Waals surface area contributed by atoms with Gasteiger partial charge in [0.2, 0.25) is 0 Å². The van der Waals surface area contributed by atoms with Gasteiger partial charge in [-0.2, -0.15) is 0 Å². The molecule has 1 aromatic carbocycles. The molecule has 0 spiro atoms. The van der Waals surface area contributed by atoms with Crippen molar-refractivity contribution in [1.82, 2.24) is 4.98 Å². The molecule has 0 radical (unpaired) electrons. The summed E-state index contributed by atoms with van der Waals surface area (Å²) in [5.41, 5.74) is 1.02. The largest absolute Gasteiger partial charge is 0.481 e. The van der Waals surface area contributed by atoms with Crippen molar-refractivity contribution >= 4 is 32.7 Å². The Kier molecular flexibility index (Phi) is 4.74. The van der Waals surface area contributed by atoms with Crippen LogP contribution in [-0.2, 0) is 4.79 Å². The fourth-order valence-electron chi connectivity index (χ4n) is 1.89. The number of carbonyl (C=O) groups is 1. The quantitative estimate of drug-likeness (QED) is 0.812. The van der Waals surface area contributed by atoms with Gasteiger partial charge in [0.05, 0.1) is 10.2 Å². The second kappa shape index (κ2) is 6.52. The molecule has 0 aliphatic carbocycles. The van der Waals surface area contributed by atoms with Crippen LogP contribution in [-0.4, -0.2) is 22.6 Å². The molecule has 0 aliphatic heterocycles. The molecule has 5 heteroatoms. The molecule has 0 bridgehead atoms. The second-order valence-electron chi connectivity index (χ2n) is 4.74. The molecule has 0 fully saturated rings. The molecule has 0 amide bonds. The lowest BCUT2D eigenvalue weighted by Gasteiger charge is -2.09. The highest BCUT2D eigenvalue weighted by Gasteiger charge is 2.06. The number of benzene rings is 1. The monoisotopic (exact) mass is 278 g/mol. The van der Waals surface area contributed by atoms with Crippen molar-refractivity contribution in [3.63, 3.8) is 0 Å². The Morgan fingerprint density at radius 2 is 2.21 bits per heavy atom. The zero-order valence-electron chi connectivity index (χ0n) is 10.9. The summed E-state index contributed by atoms with van der Waals surface area (Å²) in [4.78, 5) is 15.0. The maximum absolute atomic E-state index is 10.5. The number of carboxylic acids is 1. The van der Waals surface area contributed by atoms with Crippen molar-refractivity contribution in [1.29, 1.82) is 0 Å². The smallest absolute Gasteiger partial charge is 0.303 e. The molecule has 102 valence electrons. The molecule has 2 aromatic rings. The summed E-state index contributed by atoms with van der Waals surface area (Å²) in [6.07, 6.45) is 1.95. The standard InChI is InChI=1S/C14H18N2O2S/c1-10(6-7-13(17)18)8-9-15-14-16-11-4-2-3-5-12(11)19-14/h2-5,10H,6-9H2,1H3,(H,15,16)(H,17,18). The van der Waals surface area contributed by atoms with Crippen LogP contribution in [0.4, 0.5) is 5.13 Å². The van der Waals surface area contributed by atoms with Crippen LogP contribution in [0.3, 0.4) is 0 Å². The van der Waals surface area contributed by atoms with Gasteiger partial charge in [0.1, 0.15) is 0 Å². The summed E-state index contributed by atoms with van der Waals surface area (Å²) in [5, 5.41) is 12.9. The number of carboxylic acid groups (broad SMARTS) is 1. The van der Waals surface area contributed by atoms with Gasteiger partial charge in [0, 0.05) is 13.0 Å². The van der Waals surface area contributed by atoms with Crippen LogP contribution in [0, 0.1) is 5.92 Å². The number of anilines is 1. The minimum atomic E-state index is -0.717. The van der Waals surface area contributed by atoms with Gasteiger partial charge in [-0.25, -0.2) is 4.98 Å². The Morgan fingerprint density at radius 3 is 2.95 bits per heavy atom. The third kappa shape index (κ3) is 4.21. The van der Waals surface area contributed by atoms with Crippen LogP contribution in [0.1, 0.15) is 26.2 Å². The van der Waals surface area contributed by atoms with E-state index in [1.807, 2.05) is 18.2 Å². The predicted molar refractivity (Wildman–Crippen MR) is 78.8 cm³/mol.